The highest BCUT2D eigenvalue weighted by molar-refractivity contribution is 5.96. The van der Waals surface area contributed by atoms with E-state index in [1.807, 2.05) is 13.8 Å². The quantitative estimate of drug-likeness (QED) is 0.867. The van der Waals surface area contributed by atoms with Gasteiger partial charge in [-0.1, -0.05) is 0 Å². The van der Waals surface area contributed by atoms with Gasteiger partial charge in [0.05, 0.1) is 17.9 Å². The highest BCUT2D eigenvalue weighted by Gasteiger charge is 2.41. The van der Waals surface area contributed by atoms with Gasteiger partial charge in [-0.3, -0.25) is 9.59 Å². The SMILES string of the molecule is CC(C)Oc1ccc(NC(=O)C2CCC2C(=O)O)cc1. The van der Waals surface area contributed by atoms with Crippen molar-refractivity contribution < 1.29 is 19.4 Å². The first-order valence-electron chi connectivity index (χ1n) is 6.77. The number of carboxylic acids is 1. The fraction of sp³-hybridized carbons (Fsp3) is 0.467. The summed E-state index contributed by atoms with van der Waals surface area (Å²) in [5.41, 5.74) is 0.655. The van der Waals surface area contributed by atoms with Crippen molar-refractivity contribution in [2.24, 2.45) is 11.8 Å². The minimum Gasteiger partial charge on any atom is -0.491 e. The second kappa shape index (κ2) is 5.94. The molecule has 0 radical (unpaired) electrons. The van der Waals surface area contributed by atoms with Crippen LogP contribution in [0.5, 0.6) is 5.75 Å². The molecule has 20 heavy (non-hydrogen) atoms. The molecule has 0 heterocycles. The second-order valence-electron chi connectivity index (χ2n) is 5.31. The Labute approximate surface area is 117 Å². The zero-order valence-electron chi connectivity index (χ0n) is 11.6. The highest BCUT2D eigenvalue weighted by atomic mass is 16.5. The summed E-state index contributed by atoms with van der Waals surface area (Å²) in [4.78, 5) is 22.9. The molecule has 2 rings (SSSR count). The van der Waals surface area contributed by atoms with E-state index in [1.54, 1.807) is 24.3 Å². The Bertz CT molecular complexity index is 495. The summed E-state index contributed by atoms with van der Waals surface area (Å²) in [6, 6.07) is 7.07. The standard InChI is InChI=1S/C15H19NO4/c1-9(2)20-11-5-3-10(4-6-11)16-14(17)12-7-8-13(12)15(18)19/h3-6,9,12-13H,7-8H2,1-2H3,(H,16,17)(H,18,19). The smallest absolute Gasteiger partial charge is 0.307 e. The van der Waals surface area contributed by atoms with Crippen molar-refractivity contribution in [1.82, 2.24) is 0 Å². The van der Waals surface area contributed by atoms with Crippen molar-refractivity contribution in [3.63, 3.8) is 0 Å². The van der Waals surface area contributed by atoms with Gasteiger partial charge in [-0.2, -0.15) is 0 Å². The van der Waals surface area contributed by atoms with E-state index >= 15 is 0 Å². The van der Waals surface area contributed by atoms with Crippen LogP contribution in [-0.4, -0.2) is 23.1 Å². The van der Waals surface area contributed by atoms with Crippen LogP contribution in [0.25, 0.3) is 0 Å². The molecule has 0 aliphatic heterocycles. The zero-order valence-corrected chi connectivity index (χ0v) is 11.6. The Balaban J connectivity index is 1.93. The maximum atomic E-state index is 12.0. The average Bonchev–Trinajstić information content (AvgIpc) is 2.28. The van der Waals surface area contributed by atoms with Gasteiger partial charge in [0.15, 0.2) is 0 Å². The minimum absolute atomic E-state index is 0.0988. The van der Waals surface area contributed by atoms with E-state index in [0.717, 1.165) is 5.75 Å². The molecule has 1 aliphatic rings. The van der Waals surface area contributed by atoms with Gasteiger partial charge in [0.2, 0.25) is 5.91 Å². The molecule has 1 aromatic carbocycles. The Morgan fingerprint density at radius 1 is 1.20 bits per heavy atom. The fourth-order valence-electron chi connectivity index (χ4n) is 2.23. The van der Waals surface area contributed by atoms with Gasteiger partial charge in [-0.05, 0) is 51.0 Å². The van der Waals surface area contributed by atoms with Crippen LogP contribution in [-0.2, 0) is 9.59 Å². The second-order valence-corrected chi connectivity index (χ2v) is 5.31. The molecule has 1 fully saturated rings. The lowest BCUT2D eigenvalue weighted by Gasteiger charge is -2.31. The molecule has 0 saturated heterocycles. The number of hydrogen-bond donors (Lipinski definition) is 2. The molecule has 108 valence electrons. The molecule has 2 unspecified atom stereocenters. The van der Waals surface area contributed by atoms with Gasteiger partial charge in [-0.15, -0.1) is 0 Å². The Kier molecular flexibility index (Phi) is 4.27. The van der Waals surface area contributed by atoms with Crippen LogP contribution < -0.4 is 10.1 Å². The van der Waals surface area contributed by atoms with E-state index in [-0.39, 0.29) is 12.0 Å². The molecule has 2 atom stereocenters. The molecular formula is C15H19NO4. The number of aliphatic carboxylic acids is 1. The van der Waals surface area contributed by atoms with Crippen LogP contribution in [0.1, 0.15) is 26.7 Å². The van der Waals surface area contributed by atoms with Crippen LogP contribution in [0.15, 0.2) is 24.3 Å². The van der Waals surface area contributed by atoms with Crippen LogP contribution in [0, 0.1) is 11.8 Å². The number of carbonyl (C=O) groups excluding carboxylic acids is 1. The summed E-state index contributed by atoms with van der Waals surface area (Å²) >= 11 is 0. The molecule has 5 nitrogen and oxygen atoms in total. The number of carbonyl (C=O) groups is 2. The number of hydrogen-bond acceptors (Lipinski definition) is 3. The van der Waals surface area contributed by atoms with Gasteiger partial charge in [-0.25, -0.2) is 0 Å². The zero-order chi connectivity index (χ0) is 14.7. The Morgan fingerprint density at radius 3 is 2.25 bits per heavy atom. The molecule has 1 saturated carbocycles. The summed E-state index contributed by atoms with van der Waals surface area (Å²) in [5, 5.41) is 11.7. The lowest BCUT2D eigenvalue weighted by atomic mass is 9.73. The summed E-state index contributed by atoms with van der Waals surface area (Å²) in [7, 11) is 0. The number of nitrogens with one attached hydrogen (secondary N) is 1. The van der Waals surface area contributed by atoms with E-state index in [0.29, 0.717) is 18.5 Å². The molecule has 1 amide bonds. The number of benzene rings is 1. The average molecular weight is 277 g/mol. The van der Waals surface area contributed by atoms with Crippen molar-refractivity contribution in [1.29, 1.82) is 0 Å². The summed E-state index contributed by atoms with van der Waals surface area (Å²) in [5.74, 6) is -1.33. The molecule has 2 N–H and O–H groups in total. The number of ether oxygens (including phenoxy) is 1. The largest absolute Gasteiger partial charge is 0.491 e. The first-order valence-corrected chi connectivity index (χ1v) is 6.77. The maximum Gasteiger partial charge on any atom is 0.307 e. The lowest BCUT2D eigenvalue weighted by molar-refractivity contribution is -0.151. The van der Waals surface area contributed by atoms with Gasteiger partial charge in [0.1, 0.15) is 5.75 Å². The first-order chi connectivity index (χ1) is 9.47. The minimum atomic E-state index is -0.892. The number of rotatable bonds is 5. The normalized spacial score (nSPS) is 21.1. The van der Waals surface area contributed by atoms with Crippen molar-refractivity contribution in [2.45, 2.75) is 32.8 Å². The van der Waals surface area contributed by atoms with Crippen LogP contribution >= 0.6 is 0 Å². The molecule has 0 bridgehead atoms. The van der Waals surface area contributed by atoms with Crippen LogP contribution in [0.3, 0.4) is 0 Å². The third kappa shape index (κ3) is 3.29. The van der Waals surface area contributed by atoms with Crippen LogP contribution in [0.4, 0.5) is 5.69 Å². The van der Waals surface area contributed by atoms with E-state index in [2.05, 4.69) is 5.32 Å². The summed E-state index contributed by atoms with van der Waals surface area (Å²) in [6.45, 7) is 3.89. The van der Waals surface area contributed by atoms with Gasteiger partial charge in [0, 0.05) is 5.69 Å². The fourth-order valence-corrected chi connectivity index (χ4v) is 2.23. The first kappa shape index (κ1) is 14.4. The number of carboxylic acid groups (broad SMARTS) is 1. The lowest BCUT2D eigenvalue weighted by Crippen LogP contribution is -2.41. The predicted octanol–water partition coefficient (Wildman–Crippen LogP) is 2.52. The third-order valence-electron chi connectivity index (χ3n) is 3.42. The number of anilines is 1. The van der Waals surface area contributed by atoms with Gasteiger partial charge >= 0.3 is 5.97 Å². The summed E-state index contributed by atoms with van der Waals surface area (Å²) in [6.07, 6.45) is 1.31. The molecule has 5 heteroatoms. The molecule has 0 aromatic heterocycles. The number of amides is 1. The molecule has 1 aromatic rings. The predicted molar refractivity (Wildman–Crippen MR) is 74.7 cm³/mol. The van der Waals surface area contributed by atoms with E-state index in [4.69, 9.17) is 9.84 Å². The monoisotopic (exact) mass is 277 g/mol. The molecule has 1 aliphatic carbocycles. The Hall–Kier alpha value is -2.04. The molecular weight excluding hydrogens is 258 g/mol. The van der Waals surface area contributed by atoms with E-state index in [1.165, 1.54) is 0 Å². The third-order valence-corrected chi connectivity index (χ3v) is 3.42. The van der Waals surface area contributed by atoms with Gasteiger partial charge < -0.3 is 15.2 Å². The van der Waals surface area contributed by atoms with Gasteiger partial charge in [0.25, 0.3) is 0 Å². The van der Waals surface area contributed by atoms with E-state index < -0.39 is 17.8 Å². The van der Waals surface area contributed by atoms with E-state index in [9.17, 15) is 9.59 Å². The van der Waals surface area contributed by atoms with Crippen LogP contribution in [0.2, 0.25) is 0 Å². The van der Waals surface area contributed by atoms with Crippen molar-refractivity contribution in [2.75, 3.05) is 5.32 Å². The summed E-state index contributed by atoms with van der Waals surface area (Å²) < 4.78 is 5.51. The maximum absolute atomic E-state index is 12.0. The topological polar surface area (TPSA) is 75.6 Å². The van der Waals surface area contributed by atoms with Crippen molar-refractivity contribution >= 4 is 17.6 Å². The van der Waals surface area contributed by atoms with Crippen molar-refractivity contribution in [3.8, 4) is 5.75 Å². The van der Waals surface area contributed by atoms with Crippen molar-refractivity contribution in [3.05, 3.63) is 24.3 Å². The molecule has 0 spiro atoms. The highest BCUT2D eigenvalue weighted by Crippen LogP contribution is 2.35. The Morgan fingerprint density at radius 2 is 1.80 bits per heavy atom.